The van der Waals surface area contributed by atoms with Crippen molar-refractivity contribution in [3.8, 4) is 0 Å². The van der Waals surface area contributed by atoms with Crippen LogP contribution in [0, 0.1) is 0 Å². The van der Waals surface area contributed by atoms with E-state index in [4.69, 9.17) is 0 Å². The number of rotatable bonds is 12. The Hall–Kier alpha value is 1.75. The highest BCUT2D eigenvalue weighted by Crippen LogP contribution is 2.11. The average molecular weight is 303 g/mol. The zero-order chi connectivity index (χ0) is 11.2. The van der Waals surface area contributed by atoms with Crippen LogP contribution in [0.3, 0.4) is 0 Å². The van der Waals surface area contributed by atoms with E-state index in [0.717, 1.165) is 0 Å². The maximum atomic E-state index is 2.18. The van der Waals surface area contributed by atoms with Gasteiger partial charge in [0.25, 0.3) is 0 Å². The second-order valence-corrected chi connectivity index (χ2v) is 8.47. The summed E-state index contributed by atoms with van der Waals surface area (Å²) in [6.45, 7) is 0. The van der Waals surface area contributed by atoms with Crippen molar-refractivity contribution in [1.82, 2.24) is 0 Å². The zero-order valence-electron chi connectivity index (χ0n) is 9.70. The van der Waals surface area contributed by atoms with Gasteiger partial charge in [0.15, 0.2) is 0 Å². The van der Waals surface area contributed by atoms with Crippen LogP contribution in [-0.2, 0) is 0 Å². The molecular formula is C10H22S5. The van der Waals surface area contributed by atoms with E-state index in [1.165, 1.54) is 46.0 Å². The van der Waals surface area contributed by atoms with E-state index in [1.807, 2.05) is 23.5 Å². The van der Waals surface area contributed by atoms with Crippen molar-refractivity contribution in [3.05, 3.63) is 0 Å². The Morgan fingerprint density at radius 3 is 1.00 bits per heavy atom. The molecule has 0 aromatic heterocycles. The van der Waals surface area contributed by atoms with Gasteiger partial charge in [0.05, 0.1) is 0 Å². The van der Waals surface area contributed by atoms with Gasteiger partial charge < -0.3 is 0 Å². The summed E-state index contributed by atoms with van der Waals surface area (Å²) in [5.41, 5.74) is 0. The molecule has 0 heterocycles. The lowest BCUT2D eigenvalue weighted by molar-refractivity contribution is 1.45. The molecule has 0 nitrogen and oxygen atoms in total. The molecule has 0 aromatic rings. The summed E-state index contributed by atoms with van der Waals surface area (Å²) < 4.78 is 0. The van der Waals surface area contributed by atoms with Crippen molar-refractivity contribution >= 4 is 58.8 Å². The van der Waals surface area contributed by atoms with E-state index in [2.05, 4.69) is 47.8 Å². The first kappa shape index (κ1) is 16.8. The van der Waals surface area contributed by atoms with E-state index in [0.29, 0.717) is 0 Å². The number of hydrogen-bond acceptors (Lipinski definition) is 5. The SMILES string of the molecule is CSCCSCCSCCSCCSC. The lowest BCUT2D eigenvalue weighted by Gasteiger charge is -2.02. The molecule has 0 aliphatic carbocycles. The first-order valence-corrected chi connectivity index (χ1v) is 11.4. The Kier molecular flexibility index (Phi) is 17.6. The summed E-state index contributed by atoms with van der Waals surface area (Å²) in [4.78, 5) is 0. The van der Waals surface area contributed by atoms with E-state index in [-0.39, 0.29) is 0 Å². The van der Waals surface area contributed by atoms with Crippen molar-refractivity contribution in [3.63, 3.8) is 0 Å². The van der Waals surface area contributed by atoms with Crippen LogP contribution in [0.5, 0.6) is 0 Å². The van der Waals surface area contributed by atoms with Crippen molar-refractivity contribution in [2.45, 2.75) is 0 Å². The first-order valence-electron chi connectivity index (χ1n) is 5.13. The predicted molar refractivity (Wildman–Crippen MR) is 88.7 cm³/mol. The molecule has 0 atom stereocenters. The molecular weight excluding hydrogens is 280 g/mol. The average Bonchev–Trinajstić information content (AvgIpc) is 2.26. The fraction of sp³-hybridized carbons (Fsp3) is 1.00. The molecule has 0 saturated heterocycles. The van der Waals surface area contributed by atoms with Gasteiger partial charge in [0.2, 0.25) is 0 Å². The molecule has 0 bridgehead atoms. The molecule has 0 fully saturated rings. The zero-order valence-corrected chi connectivity index (χ0v) is 13.8. The largest absolute Gasteiger partial charge is 0.165 e. The third-order valence-electron chi connectivity index (χ3n) is 1.61. The molecule has 0 spiro atoms. The van der Waals surface area contributed by atoms with Crippen LogP contribution in [0.2, 0.25) is 0 Å². The van der Waals surface area contributed by atoms with Gasteiger partial charge in [0.1, 0.15) is 0 Å². The topological polar surface area (TPSA) is 0 Å². The van der Waals surface area contributed by atoms with Crippen LogP contribution in [-0.4, -0.2) is 58.5 Å². The molecule has 0 aromatic carbocycles. The highest BCUT2D eigenvalue weighted by atomic mass is 32.2. The van der Waals surface area contributed by atoms with Gasteiger partial charge >= 0.3 is 0 Å². The Balaban J connectivity index is 2.81. The highest BCUT2D eigenvalue weighted by molar-refractivity contribution is 8.05. The van der Waals surface area contributed by atoms with E-state index in [9.17, 15) is 0 Å². The van der Waals surface area contributed by atoms with Gasteiger partial charge in [-0.2, -0.15) is 58.8 Å². The van der Waals surface area contributed by atoms with E-state index < -0.39 is 0 Å². The van der Waals surface area contributed by atoms with Crippen LogP contribution in [0.1, 0.15) is 0 Å². The third-order valence-corrected chi connectivity index (χ3v) is 6.82. The normalized spacial score (nSPS) is 10.8. The minimum Gasteiger partial charge on any atom is -0.165 e. The molecule has 0 saturated carbocycles. The summed E-state index contributed by atoms with van der Waals surface area (Å²) in [6.07, 6.45) is 4.36. The Morgan fingerprint density at radius 2 is 0.733 bits per heavy atom. The van der Waals surface area contributed by atoms with Gasteiger partial charge in [-0.1, -0.05) is 0 Å². The van der Waals surface area contributed by atoms with Crippen LogP contribution < -0.4 is 0 Å². The quantitative estimate of drug-likeness (QED) is 0.500. The smallest absolute Gasteiger partial charge is 0.00238 e. The minimum absolute atomic E-state index is 1.31. The molecule has 15 heavy (non-hydrogen) atoms. The summed E-state index contributed by atoms with van der Waals surface area (Å²) in [5.74, 6) is 10.6. The van der Waals surface area contributed by atoms with E-state index >= 15 is 0 Å². The number of thioether (sulfide) groups is 5. The molecule has 0 N–H and O–H groups in total. The van der Waals surface area contributed by atoms with Crippen LogP contribution >= 0.6 is 58.8 Å². The van der Waals surface area contributed by atoms with E-state index in [1.54, 1.807) is 0 Å². The van der Waals surface area contributed by atoms with Gasteiger partial charge in [-0.25, -0.2) is 0 Å². The maximum absolute atomic E-state index is 2.18. The summed E-state index contributed by atoms with van der Waals surface area (Å²) in [7, 11) is 0. The summed E-state index contributed by atoms with van der Waals surface area (Å²) in [5, 5.41) is 0. The molecule has 0 aliphatic heterocycles. The second-order valence-electron chi connectivity index (χ2n) is 2.82. The predicted octanol–water partition coefficient (Wildman–Crippen LogP) is 3.91. The van der Waals surface area contributed by atoms with Crippen molar-refractivity contribution in [1.29, 1.82) is 0 Å². The van der Waals surface area contributed by atoms with Gasteiger partial charge in [-0.15, -0.1) is 0 Å². The van der Waals surface area contributed by atoms with Crippen LogP contribution in [0.15, 0.2) is 0 Å². The summed E-state index contributed by atoms with van der Waals surface area (Å²) >= 11 is 10.2. The van der Waals surface area contributed by atoms with Crippen molar-refractivity contribution in [2.75, 3.05) is 58.5 Å². The first-order chi connectivity index (χ1) is 7.41. The van der Waals surface area contributed by atoms with Gasteiger partial charge in [-0.3, -0.25) is 0 Å². The lowest BCUT2D eigenvalue weighted by atomic mass is 10.9. The highest BCUT2D eigenvalue weighted by Gasteiger charge is 1.92. The van der Waals surface area contributed by atoms with Gasteiger partial charge in [0, 0.05) is 46.0 Å². The van der Waals surface area contributed by atoms with Crippen LogP contribution in [0.4, 0.5) is 0 Å². The fourth-order valence-electron chi connectivity index (χ4n) is 0.826. The Morgan fingerprint density at radius 1 is 0.467 bits per heavy atom. The second kappa shape index (κ2) is 15.8. The van der Waals surface area contributed by atoms with Crippen LogP contribution in [0.25, 0.3) is 0 Å². The molecule has 0 rings (SSSR count). The van der Waals surface area contributed by atoms with Gasteiger partial charge in [-0.05, 0) is 12.5 Å². The molecule has 0 unspecified atom stereocenters. The Labute approximate surface area is 117 Å². The number of hydrogen-bond donors (Lipinski definition) is 0. The molecule has 0 aliphatic rings. The minimum atomic E-state index is 1.31. The van der Waals surface area contributed by atoms with Crippen molar-refractivity contribution < 1.29 is 0 Å². The third kappa shape index (κ3) is 15.8. The maximum Gasteiger partial charge on any atom is 0.00238 e. The van der Waals surface area contributed by atoms with Crippen molar-refractivity contribution in [2.24, 2.45) is 0 Å². The lowest BCUT2D eigenvalue weighted by Crippen LogP contribution is -1.93. The monoisotopic (exact) mass is 302 g/mol. The molecule has 92 valence electrons. The fourth-order valence-corrected chi connectivity index (χ4v) is 5.60. The molecule has 0 radical (unpaired) electrons. The summed E-state index contributed by atoms with van der Waals surface area (Å²) in [6, 6.07) is 0. The molecule has 5 heteroatoms. The molecule has 0 amide bonds. The Bertz CT molecular complexity index is 98.0. The standard InChI is InChI=1S/C10H22S5/c1-11-3-5-13-7-9-15-10-8-14-6-4-12-2/h3-10H2,1-2H3.